The van der Waals surface area contributed by atoms with Crippen molar-refractivity contribution in [3.8, 4) is 0 Å². The molecule has 1 aromatic carbocycles. The number of thioether (sulfide) groups is 2. The van der Waals surface area contributed by atoms with Crippen molar-refractivity contribution < 1.29 is 0 Å². The molecular weight excluding hydrogens is 222 g/mol. The van der Waals surface area contributed by atoms with Crippen molar-refractivity contribution in [2.45, 2.75) is 11.5 Å². The molecule has 0 saturated carbocycles. The summed E-state index contributed by atoms with van der Waals surface area (Å²) in [5.74, 6) is 2.57. The number of hydrogen-bond donors (Lipinski definition) is 1. The van der Waals surface area contributed by atoms with E-state index in [-0.39, 0.29) is 0 Å². The Balaban J connectivity index is 2.19. The molecule has 1 saturated heterocycles. The summed E-state index contributed by atoms with van der Waals surface area (Å²) in [7, 11) is 0. The number of H-pyrrole nitrogens is 1. The van der Waals surface area contributed by atoms with E-state index in [1.807, 2.05) is 0 Å². The van der Waals surface area contributed by atoms with Crippen molar-refractivity contribution >= 4 is 34.4 Å². The molecule has 3 heteroatoms. The predicted molar refractivity (Wildman–Crippen MR) is 70.7 cm³/mol. The van der Waals surface area contributed by atoms with Gasteiger partial charge in [0.05, 0.1) is 4.58 Å². The molecule has 0 aliphatic carbocycles. The Morgan fingerprint density at radius 2 is 1.93 bits per heavy atom. The number of para-hydroxylation sites is 1. The number of aromatic amines is 1. The molecule has 0 radical (unpaired) electrons. The Kier molecular flexibility index (Phi) is 2.45. The molecule has 1 aliphatic rings. The Morgan fingerprint density at radius 3 is 2.73 bits per heavy atom. The van der Waals surface area contributed by atoms with Crippen LogP contribution in [0.5, 0.6) is 0 Å². The van der Waals surface area contributed by atoms with Crippen LogP contribution in [-0.2, 0) is 0 Å². The van der Waals surface area contributed by atoms with Gasteiger partial charge in [0.1, 0.15) is 0 Å². The van der Waals surface area contributed by atoms with E-state index in [9.17, 15) is 0 Å². The van der Waals surface area contributed by atoms with Crippen molar-refractivity contribution in [3.05, 3.63) is 35.5 Å². The average Bonchev–Trinajstić information content (AvgIpc) is 2.82. The molecule has 0 spiro atoms. The van der Waals surface area contributed by atoms with Gasteiger partial charge in [-0.3, -0.25) is 0 Å². The largest absolute Gasteiger partial charge is 0.358 e. The third-order valence-corrected chi connectivity index (χ3v) is 5.83. The highest BCUT2D eigenvalue weighted by Crippen LogP contribution is 2.48. The number of hydrogen-bond acceptors (Lipinski definition) is 2. The van der Waals surface area contributed by atoms with Crippen LogP contribution in [-0.4, -0.2) is 16.5 Å². The molecule has 1 aliphatic heterocycles. The Labute approximate surface area is 98.0 Å². The SMILES string of the molecule is Cc1[nH]c2ccccc2c1C1SCCS1. The highest BCUT2D eigenvalue weighted by atomic mass is 32.2. The van der Waals surface area contributed by atoms with Gasteiger partial charge >= 0.3 is 0 Å². The Morgan fingerprint density at radius 1 is 1.20 bits per heavy atom. The van der Waals surface area contributed by atoms with Crippen molar-refractivity contribution in [1.29, 1.82) is 0 Å². The minimum Gasteiger partial charge on any atom is -0.358 e. The molecule has 15 heavy (non-hydrogen) atoms. The van der Waals surface area contributed by atoms with Crippen LogP contribution in [0.25, 0.3) is 10.9 Å². The van der Waals surface area contributed by atoms with E-state index in [1.54, 1.807) is 0 Å². The van der Waals surface area contributed by atoms with Gasteiger partial charge in [-0.25, -0.2) is 0 Å². The van der Waals surface area contributed by atoms with E-state index in [4.69, 9.17) is 0 Å². The lowest BCUT2D eigenvalue weighted by Gasteiger charge is -2.07. The summed E-state index contributed by atoms with van der Waals surface area (Å²) in [5.41, 5.74) is 4.12. The monoisotopic (exact) mass is 235 g/mol. The first-order valence-electron chi connectivity index (χ1n) is 5.16. The van der Waals surface area contributed by atoms with E-state index in [1.165, 1.54) is 33.7 Å². The van der Waals surface area contributed by atoms with Crippen molar-refractivity contribution in [2.75, 3.05) is 11.5 Å². The van der Waals surface area contributed by atoms with Crippen LogP contribution < -0.4 is 0 Å². The van der Waals surface area contributed by atoms with Gasteiger partial charge in [-0.1, -0.05) is 18.2 Å². The highest BCUT2D eigenvalue weighted by Gasteiger charge is 2.23. The quantitative estimate of drug-likeness (QED) is 0.805. The molecule has 3 rings (SSSR count). The fourth-order valence-corrected chi connectivity index (χ4v) is 5.23. The second-order valence-electron chi connectivity index (χ2n) is 3.78. The number of rotatable bonds is 1. The zero-order valence-corrected chi connectivity index (χ0v) is 10.3. The normalized spacial score (nSPS) is 17.7. The van der Waals surface area contributed by atoms with Crippen molar-refractivity contribution in [1.82, 2.24) is 4.98 Å². The van der Waals surface area contributed by atoms with E-state index in [0.717, 1.165) is 0 Å². The van der Waals surface area contributed by atoms with Gasteiger partial charge in [0.15, 0.2) is 0 Å². The fourth-order valence-electron chi connectivity index (χ4n) is 2.13. The molecule has 2 aromatic rings. The molecule has 1 aromatic heterocycles. The zero-order chi connectivity index (χ0) is 10.3. The molecule has 1 N–H and O–H groups in total. The van der Waals surface area contributed by atoms with Crippen LogP contribution in [0.3, 0.4) is 0 Å². The predicted octanol–water partition coefficient (Wildman–Crippen LogP) is 3.95. The van der Waals surface area contributed by atoms with Crippen LogP contribution >= 0.6 is 23.5 Å². The number of benzene rings is 1. The first kappa shape index (κ1) is 9.67. The number of nitrogens with one attached hydrogen (secondary N) is 1. The Hall–Kier alpha value is -0.540. The summed E-state index contributed by atoms with van der Waals surface area (Å²) >= 11 is 4.14. The summed E-state index contributed by atoms with van der Waals surface area (Å²) in [5, 5.41) is 1.40. The maximum Gasteiger partial charge on any atom is 0.0775 e. The second kappa shape index (κ2) is 3.80. The van der Waals surface area contributed by atoms with Gasteiger partial charge in [0.25, 0.3) is 0 Å². The smallest absolute Gasteiger partial charge is 0.0775 e. The standard InChI is InChI=1S/C12H13NS2/c1-8-11(12-14-6-7-15-12)9-4-2-3-5-10(9)13-8/h2-5,12-13H,6-7H2,1H3. The Bertz CT molecular complexity index is 483. The molecule has 1 fully saturated rings. The van der Waals surface area contributed by atoms with Crippen molar-refractivity contribution in [2.24, 2.45) is 0 Å². The lowest BCUT2D eigenvalue weighted by Crippen LogP contribution is -1.86. The van der Waals surface area contributed by atoms with E-state index < -0.39 is 0 Å². The third-order valence-electron chi connectivity index (χ3n) is 2.80. The number of fused-ring (bicyclic) bond motifs is 1. The van der Waals surface area contributed by atoms with Gasteiger partial charge in [-0.2, -0.15) is 0 Å². The molecular formula is C12H13NS2. The minimum absolute atomic E-state index is 0.640. The summed E-state index contributed by atoms with van der Waals surface area (Å²) in [6.07, 6.45) is 0. The fraction of sp³-hybridized carbons (Fsp3) is 0.333. The summed E-state index contributed by atoms with van der Waals surface area (Å²) in [6, 6.07) is 8.62. The lowest BCUT2D eigenvalue weighted by atomic mass is 10.1. The van der Waals surface area contributed by atoms with Crippen LogP contribution in [0.4, 0.5) is 0 Å². The third kappa shape index (κ3) is 1.58. The summed E-state index contributed by atoms with van der Waals surface area (Å²) in [4.78, 5) is 3.48. The maximum atomic E-state index is 3.48. The molecule has 0 atom stereocenters. The van der Waals surface area contributed by atoms with Gasteiger partial charge in [0, 0.05) is 33.7 Å². The molecule has 2 heterocycles. The van der Waals surface area contributed by atoms with E-state index in [2.05, 4.69) is 59.7 Å². The molecule has 0 amide bonds. The maximum absolute atomic E-state index is 3.48. The van der Waals surface area contributed by atoms with Crippen LogP contribution in [0.2, 0.25) is 0 Å². The first-order chi connectivity index (χ1) is 7.36. The van der Waals surface area contributed by atoms with E-state index >= 15 is 0 Å². The molecule has 78 valence electrons. The zero-order valence-electron chi connectivity index (χ0n) is 8.62. The minimum atomic E-state index is 0.640. The van der Waals surface area contributed by atoms with Crippen LogP contribution in [0.1, 0.15) is 15.8 Å². The second-order valence-corrected chi connectivity index (χ2v) is 6.51. The average molecular weight is 235 g/mol. The van der Waals surface area contributed by atoms with Gasteiger partial charge in [-0.05, 0) is 13.0 Å². The van der Waals surface area contributed by atoms with Crippen molar-refractivity contribution in [3.63, 3.8) is 0 Å². The van der Waals surface area contributed by atoms with Gasteiger partial charge in [-0.15, -0.1) is 23.5 Å². The van der Waals surface area contributed by atoms with Crippen LogP contribution in [0, 0.1) is 6.92 Å². The lowest BCUT2D eigenvalue weighted by molar-refractivity contribution is 1.23. The topological polar surface area (TPSA) is 15.8 Å². The van der Waals surface area contributed by atoms with Gasteiger partial charge in [0.2, 0.25) is 0 Å². The molecule has 1 nitrogen and oxygen atoms in total. The van der Waals surface area contributed by atoms with Crippen LogP contribution in [0.15, 0.2) is 24.3 Å². The molecule has 0 unspecified atom stereocenters. The molecule has 0 bridgehead atoms. The summed E-state index contributed by atoms with van der Waals surface area (Å²) in [6.45, 7) is 2.19. The number of aromatic nitrogens is 1. The van der Waals surface area contributed by atoms with E-state index in [0.29, 0.717) is 4.58 Å². The highest BCUT2D eigenvalue weighted by molar-refractivity contribution is 8.19. The number of aryl methyl sites for hydroxylation is 1. The summed E-state index contributed by atoms with van der Waals surface area (Å²) < 4.78 is 0.640. The first-order valence-corrected chi connectivity index (χ1v) is 7.26. The van der Waals surface area contributed by atoms with Gasteiger partial charge < -0.3 is 4.98 Å².